The van der Waals surface area contributed by atoms with Crippen LogP contribution in [-0.4, -0.2) is 19.9 Å². The zero-order valence-electron chi connectivity index (χ0n) is 17.9. The zero-order chi connectivity index (χ0) is 21.9. The molecule has 1 aromatic carbocycles. The van der Waals surface area contributed by atoms with E-state index in [4.69, 9.17) is 9.47 Å². The van der Waals surface area contributed by atoms with Gasteiger partial charge >= 0.3 is 0 Å². The molecule has 0 saturated heterocycles. The van der Waals surface area contributed by atoms with E-state index in [-0.39, 0.29) is 5.41 Å². The lowest BCUT2D eigenvalue weighted by molar-refractivity contribution is 0.218. The van der Waals surface area contributed by atoms with Gasteiger partial charge in [0.2, 0.25) is 0 Å². The van der Waals surface area contributed by atoms with Gasteiger partial charge in [-0.25, -0.2) is 4.99 Å². The van der Waals surface area contributed by atoms with Crippen molar-refractivity contribution in [1.29, 1.82) is 5.26 Å². The highest BCUT2D eigenvalue weighted by Crippen LogP contribution is 2.45. The van der Waals surface area contributed by atoms with Crippen LogP contribution in [-0.2, 0) is 12.8 Å². The largest absolute Gasteiger partial charge is 0.493 e. The number of halogens is 1. The Labute approximate surface area is 191 Å². The molecule has 0 bridgehead atoms. The van der Waals surface area contributed by atoms with E-state index >= 15 is 0 Å². The fraction of sp³-hybridized carbons (Fsp3) is 0.417. The molecule has 0 unspecified atom stereocenters. The summed E-state index contributed by atoms with van der Waals surface area (Å²) in [4.78, 5) is 6.00. The molecular formula is C24H27BrN2O2S. The molecule has 0 saturated carbocycles. The Kier molecular flexibility index (Phi) is 7.05. The second-order valence-corrected chi connectivity index (χ2v) is 10.4. The smallest absolute Gasteiger partial charge is 0.175 e. The Hall–Kier alpha value is -2.10. The van der Waals surface area contributed by atoms with Crippen molar-refractivity contribution in [2.75, 3.05) is 13.7 Å². The Bertz CT molecular complexity index is 1010. The first kappa shape index (κ1) is 22.6. The Morgan fingerprint density at radius 1 is 1.40 bits per heavy atom. The third-order valence-corrected chi connectivity index (χ3v) is 7.26. The molecule has 0 spiro atoms. The molecule has 1 heterocycles. The van der Waals surface area contributed by atoms with Crippen LogP contribution in [0.1, 0.15) is 48.8 Å². The van der Waals surface area contributed by atoms with Gasteiger partial charge in [0.05, 0.1) is 17.1 Å². The third kappa shape index (κ3) is 4.79. The van der Waals surface area contributed by atoms with Crippen molar-refractivity contribution in [2.24, 2.45) is 16.3 Å². The summed E-state index contributed by atoms with van der Waals surface area (Å²) in [7, 11) is 1.61. The number of hydrogen-bond acceptors (Lipinski definition) is 5. The lowest BCUT2D eigenvalue weighted by Crippen LogP contribution is -2.26. The predicted octanol–water partition coefficient (Wildman–Crippen LogP) is 6.86. The molecule has 2 aromatic rings. The fourth-order valence-corrected chi connectivity index (χ4v) is 5.54. The van der Waals surface area contributed by atoms with Crippen LogP contribution in [0.25, 0.3) is 0 Å². The van der Waals surface area contributed by atoms with Crippen molar-refractivity contribution in [3.63, 3.8) is 0 Å². The van der Waals surface area contributed by atoms with Crippen LogP contribution < -0.4 is 9.47 Å². The van der Waals surface area contributed by atoms with Gasteiger partial charge < -0.3 is 9.47 Å². The molecule has 30 heavy (non-hydrogen) atoms. The van der Waals surface area contributed by atoms with Gasteiger partial charge in [0.15, 0.2) is 11.5 Å². The molecule has 0 fully saturated rings. The molecule has 0 amide bonds. The van der Waals surface area contributed by atoms with E-state index in [1.54, 1.807) is 30.7 Å². The molecular weight excluding hydrogens is 460 g/mol. The second-order valence-electron chi connectivity index (χ2n) is 8.49. The summed E-state index contributed by atoms with van der Waals surface area (Å²) in [6, 6.07) is 6.20. The number of ether oxygens (including phenoxy) is 2. The maximum Gasteiger partial charge on any atom is 0.175 e. The quantitative estimate of drug-likeness (QED) is 0.331. The van der Waals surface area contributed by atoms with Crippen LogP contribution in [0.3, 0.4) is 0 Å². The molecule has 158 valence electrons. The van der Waals surface area contributed by atoms with E-state index in [9.17, 15) is 5.26 Å². The standard InChI is InChI=1S/C24H27BrN2O2S/c1-6-9-29-22-19(25)10-15(11-20(22)28-5)14-27-23-18(13-26)17-8-7-16(24(2,3)4)12-21(17)30-23/h6,10-11,14,16H,1,7-9,12H2,2-5H3/t16-/m1/s1. The monoisotopic (exact) mass is 486 g/mol. The van der Waals surface area contributed by atoms with Crippen molar-refractivity contribution in [2.45, 2.75) is 40.0 Å². The third-order valence-electron chi connectivity index (χ3n) is 5.51. The van der Waals surface area contributed by atoms with Crippen molar-refractivity contribution in [3.8, 4) is 17.6 Å². The lowest BCUT2D eigenvalue weighted by Gasteiger charge is -2.33. The average Bonchev–Trinajstić information content (AvgIpc) is 3.07. The number of nitriles is 1. The van der Waals surface area contributed by atoms with Crippen molar-refractivity contribution in [3.05, 3.63) is 50.8 Å². The maximum absolute atomic E-state index is 9.76. The molecule has 1 aromatic heterocycles. The number of thiophene rings is 1. The van der Waals surface area contributed by atoms with Gasteiger partial charge in [-0.3, -0.25) is 0 Å². The van der Waals surface area contributed by atoms with Crippen molar-refractivity contribution < 1.29 is 9.47 Å². The minimum Gasteiger partial charge on any atom is -0.493 e. The topological polar surface area (TPSA) is 54.6 Å². The zero-order valence-corrected chi connectivity index (χ0v) is 20.3. The average molecular weight is 487 g/mol. The van der Waals surface area contributed by atoms with Gasteiger partial charge in [0.1, 0.15) is 17.7 Å². The summed E-state index contributed by atoms with van der Waals surface area (Å²) in [5, 5.41) is 10.6. The minimum atomic E-state index is 0.274. The summed E-state index contributed by atoms with van der Waals surface area (Å²) in [5.74, 6) is 1.88. The highest BCUT2D eigenvalue weighted by molar-refractivity contribution is 9.10. The van der Waals surface area contributed by atoms with E-state index in [2.05, 4.69) is 54.3 Å². The van der Waals surface area contributed by atoms with Crippen LogP contribution >= 0.6 is 27.3 Å². The molecule has 3 rings (SSSR count). The van der Waals surface area contributed by atoms with Gasteiger partial charge in [-0.15, -0.1) is 11.3 Å². The number of benzene rings is 1. The number of methoxy groups -OCH3 is 1. The fourth-order valence-electron chi connectivity index (χ4n) is 3.75. The van der Waals surface area contributed by atoms with E-state index < -0.39 is 0 Å². The predicted molar refractivity (Wildman–Crippen MR) is 128 cm³/mol. The lowest BCUT2D eigenvalue weighted by atomic mass is 9.72. The number of rotatable bonds is 6. The van der Waals surface area contributed by atoms with Crippen molar-refractivity contribution in [1.82, 2.24) is 0 Å². The second kappa shape index (κ2) is 9.36. The summed E-state index contributed by atoms with van der Waals surface area (Å²) < 4.78 is 11.9. The maximum atomic E-state index is 9.76. The van der Waals surface area contributed by atoms with Crippen LogP contribution in [0.15, 0.2) is 34.3 Å². The highest BCUT2D eigenvalue weighted by atomic mass is 79.9. The van der Waals surface area contributed by atoms with Crippen LogP contribution in [0, 0.1) is 22.7 Å². The Morgan fingerprint density at radius 3 is 2.80 bits per heavy atom. The summed E-state index contributed by atoms with van der Waals surface area (Å²) in [6.07, 6.45) is 6.59. The summed E-state index contributed by atoms with van der Waals surface area (Å²) in [5.41, 5.74) is 3.07. The van der Waals surface area contributed by atoms with Gasteiger partial charge in [-0.2, -0.15) is 5.26 Å². The van der Waals surface area contributed by atoms with E-state index in [0.29, 0.717) is 24.0 Å². The molecule has 1 aliphatic rings. The van der Waals surface area contributed by atoms with Crippen LogP contribution in [0.2, 0.25) is 0 Å². The molecule has 0 radical (unpaired) electrons. The van der Waals surface area contributed by atoms with Crippen LogP contribution in [0.5, 0.6) is 11.5 Å². The first-order chi connectivity index (χ1) is 14.3. The number of fused-ring (bicyclic) bond motifs is 1. The minimum absolute atomic E-state index is 0.274. The SMILES string of the molecule is C=CCOc1c(Br)cc(C=Nc2sc3c(c2C#N)CC[C@@H](C(C)(C)C)C3)cc1OC. The van der Waals surface area contributed by atoms with Crippen molar-refractivity contribution >= 4 is 38.5 Å². The van der Waals surface area contributed by atoms with Gasteiger partial charge in [0.25, 0.3) is 0 Å². The van der Waals surface area contributed by atoms with Crippen LogP contribution in [0.4, 0.5) is 5.00 Å². The van der Waals surface area contributed by atoms with E-state index in [0.717, 1.165) is 39.9 Å². The normalized spacial score (nSPS) is 16.2. The summed E-state index contributed by atoms with van der Waals surface area (Å²) >= 11 is 5.20. The van der Waals surface area contributed by atoms with Gasteiger partial charge in [0, 0.05) is 11.1 Å². The Morgan fingerprint density at radius 2 is 2.17 bits per heavy atom. The molecule has 0 aliphatic heterocycles. The molecule has 6 heteroatoms. The number of hydrogen-bond donors (Lipinski definition) is 0. The van der Waals surface area contributed by atoms with E-state index in [1.165, 1.54) is 10.4 Å². The molecule has 0 N–H and O–H groups in total. The molecule has 1 aliphatic carbocycles. The number of aliphatic imine (C=N–C) groups is 1. The molecule has 1 atom stereocenters. The number of nitrogens with zero attached hydrogens (tertiary/aromatic N) is 2. The highest BCUT2D eigenvalue weighted by Gasteiger charge is 2.32. The summed E-state index contributed by atoms with van der Waals surface area (Å²) in [6.45, 7) is 11.0. The first-order valence-corrected chi connectivity index (χ1v) is 11.6. The van der Waals surface area contributed by atoms with E-state index in [1.807, 2.05) is 12.1 Å². The Balaban J connectivity index is 1.90. The molecule has 4 nitrogen and oxygen atoms in total. The van der Waals surface area contributed by atoms with Gasteiger partial charge in [-0.1, -0.05) is 33.4 Å². The first-order valence-electron chi connectivity index (χ1n) is 9.98. The van der Waals surface area contributed by atoms with Gasteiger partial charge in [-0.05, 0) is 69.8 Å².